The molecule has 0 bridgehead atoms. The summed E-state index contributed by atoms with van der Waals surface area (Å²) in [5.41, 5.74) is 1.75. The second kappa shape index (κ2) is 5.69. The van der Waals surface area contributed by atoms with Crippen molar-refractivity contribution in [3.05, 3.63) is 65.5 Å². The van der Waals surface area contributed by atoms with E-state index in [0.717, 1.165) is 5.75 Å². The fourth-order valence-electron chi connectivity index (χ4n) is 1.56. The van der Waals surface area contributed by atoms with Gasteiger partial charge in [-0.3, -0.25) is 4.79 Å². The molecule has 92 valence electrons. The van der Waals surface area contributed by atoms with Crippen molar-refractivity contribution in [2.75, 3.05) is 0 Å². The maximum Gasteiger partial charge on any atom is 0.248 e. The average Bonchev–Trinajstić information content (AvgIpc) is 2.58. The topological polar surface area (TPSA) is 26.3 Å². The third-order valence-electron chi connectivity index (χ3n) is 2.58. The molecule has 0 saturated carbocycles. The fourth-order valence-corrected chi connectivity index (χ4v) is 1.70. The van der Waals surface area contributed by atoms with Crippen LogP contribution in [0.4, 0.5) is 0 Å². The molecule has 3 heteroatoms. The molecular formula is C15H13ClO2. The zero-order valence-corrected chi connectivity index (χ0v) is 10.8. The highest BCUT2D eigenvalue weighted by molar-refractivity contribution is 6.67. The lowest BCUT2D eigenvalue weighted by Crippen LogP contribution is -1.91. The van der Waals surface area contributed by atoms with Gasteiger partial charge in [0.1, 0.15) is 11.5 Å². The highest BCUT2D eigenvalue weighted by Gasteiger charge is 2.06. The van der Waals surface area contributed by atoms with Crippen LogP contribution in [-0.2, 0) is 4.79 Å². The first-order valence-corrected chi connectivity index (χ1v) is 6.05. The molecule has 1 aliphatic carbocycles. The van der Waals surface area contributed by atoms with Crippen molar-refractivity contribution in [3.8, 4) is 5.75 Å². The van der Waals surface area contributed by atoms with Crippen molar-refractivity contribution < 1.29 is 9.53 Å². The van der Waals surface area contributed by atoms with E-state index in [1.54, 1.807) is 12.2 Å². The van der Waals surface area contributed by atoms with E-state index in [1.807, 2.05) is 43.3 Å². The van der Waals surface area contributed by atoms with E-state index in [1.165, 1.54) is 5.56 Å². The second-order valence-electron chi connectivity index (χ2n) is 4.06. The molecule has 0 fully saturated rings. The minimum Gasteiger partial charge on any atom is -0.457 e. The van der Waals surface area contributed by atoms with E-state index < -0.39 is 5.24 Å². The van der Waals surface area contributed by atoms with E-state index >= 15 is 0 Å². The highest BCUT2D eigenvalue weighted by Crippen LogP contribution is 2.19. The van der Waals surface area contributed by atoms with Gasteiger partial charge in [0, 0.05) is 5.57 Å². The molecular weight excluding hydrogens is 248 g/mol. The number of benzene rings is 1. The van der Waals surface area contributed by atoms with Gasteiger partial charge in [0.15, 0.2) is 0 Å². The van der Waals surface area contributed by atoms with Crippen LogP contribution in [0.5, 0.6) is 5.75 Å². The van der Waals surface area contributed by atoms with Crippen LogP contribution in [0, 0.1) is 6.92 Å². The van der Waals surface area contributed by atoms with E-state index in [0.29, 0.717) is 17.8 Å². The minimum atomic E-state index is -0.424. The van der Waals surface area contributed by atoms with Crippen molar-refractivity contribution in [1.82, 2.24) is 0 Å². The molecule has 0 saturated heterocycles. The smallest absolute Gasteiger partial charge is 0.248 e. The molecule has 2 nitrogen and oxygen atoms in total. The summed E-state index contributed by atoms with van der Waals surface area (Å²) in [5.74, 6) is 1.46. The molecule has 0 aliphatic heterocycles. The monoisotopic (exact) mass is 260 g/mol. The normalized spacial score (nSPS) is 14.6. The quantitative estimate of drug-likeness (QED) is 0.771. The van der Waals surface area contributed by atoms with Crippen LogP contribution in [-0.4, -0.2) is 5.24 Å². The molecule has 0 aromatic heterocycles. The maximum absolute atomic E-state index is 11.0. The van der Waals surface area contributed by atoms with Crippen molar-refractivity contribution in [2.24, 2.45) is 0 Å². The van der Waals surface area contributed by atoms with Crippen LogP contribution >= 0.6 is 11.6 Å². The van der Waals surface area contributed by atoms with Gasteiger partial charge in [-0.1, -0.05) is 29.8 Å². The van der Waals surface area contributed by atoms with Gasteiger partial charge in [-0.2, -0.15) is 0 Å². The number of carbonyl (C=O) groups excluding carboxylic acids is 1. The first kappa shape index (κ1) is 12.7. The third-order valence-corrected chi connectivity index (χ3v) is 2.82. The molecule has 1 aromatic carbocycles. The van der Waals surface area contributed by atoms with Gasteiger partial charge < -0.3 is 4.74 Å². The molecule has 0 unspecified atom stereocenters. The van der Waals surface area contributed by atoms with Crippen molar-refractivity contribution in [3.63, 3.8) is 0 Å². The molecule has 1 aromatic rings. The Kier molecular flexibility index (Phi) is 4.00. The average molecular weight is 261 g/mol. The zero-order valence-electron chi connectivity index (χ0n) is 10.0. The number of hydrogen-bond donors (Lipinski definition) is 0. The van der Waals surface area contributed by atoms with E-state index in [9.17, 15) is 4.79 Å². The number of hydrogen-bond acceptors (Lipinski definition) is 2. The lowest BCUT2D eigenvalue weighted by atomic mass is 10.2. The summed E-state index contributed by atoms with van der Waals surface area (Å²) < 4.78 is 5.69. The number of aryl methyl sites for hydroxylation is 1. The predicted octanol–water partition coefficient (Wildman–Crippen LogP) is 3.91. The first-order valence-electron chi connectivity index (χ1n) is 5.67. The molecule has 0 amide bonds. The molecule has 0 N–H and O–H groups in total. The van der Waals surface area contributed by atoms with Gasteiger partial charge in [-0.25, -0.2) is 0 Å². The largest absolute Gasteiger partial charge is 0.457 e. The number of halogens is 1. The highest BCUT2D eigenvalue weighted by atomic mass is 35.5. The summed E-state index contributed by atoms with van der Waals surface area (Å²) in [6.45, 7) is 2.02. The van der Waals surface area contributed by atoms with Crippen molar-refractivity contribution in [2.45, 2.75) is 13.3 Å². The molecule has 0 heterocycles. The number of allylic oxidation sites excluding steroid dienone is 5. The van der Waals surface area contributed by atoms with Crippen LogP contribution in [0.15, 0.2) is 59.9 Å². The Labute approximate surface area is 111 Å². The van der Waals surface area contributed by atoms with Gasteiger partial charge >= 0.3 is 0 Å². The Bertz CT molecular complexity index is 536. The number of ether oxygens (including phenoxy) is 1. The molecule has 0 radical (unpaired) electrons. The van der Waals surface area contributed by atoms with Crippen molar-refractivity contribution >= 4 is 16.8 Å². The lowest BCUT2D eigenvalue weighted by molar-refractivity contribution is -0.108. The Morgan fingerprint density at radius 3 is 2.61 bits per heavy atom. The van der Waals surface area contributed by atoms with Gasteiger partial charge in [-0.15, -0.1) is 0 Å². The van der Waals surface area contributed by atoms with Crippen LogP contribution < -0.4 is 4.74 Å². The summed E-state index contributed by atoms with van der Waals surface area (Å²) >= 11 is 5.44. The zero-order chi connectivity index (χ0) is 13.0. The van der Waals surface area contributed by atoms with Crippen LogP contribution in [0.1, 0.15) is 12.0 Å². The van der Waals surface area contributed by atoms with Gasteiger partial charge in [0.2, 0.25) is 5.24 Å². The Morgan fingerprint density at radius 2 is 1.94 bits per heavy atom. The first-order chi connectivity index (χ1) is 8.65. The lowest BCUT2D eigenvalue weighted by Gasteiger charge is -2.05. The standard InChI is InChI=1S/C15H13ClO2/c1-11-5-8-14(9-6-11)18-13-4-2-3-12(7-10-13)15(16)17/h2,4-10H,3H2,1H3. The second-order valence-corrected chi connectivity index (χ2v) is 4.40. The molecule has 18 heavy (non-hydrogen) atoms. The summed E-state index contributed by atoms with van der Waals surface area (Å²) in [6.07, 6.45) is 7.67. The van der Waals surface area contributed by atoms with Gasteiger partial charge in [0.05, 0.1) is 0 Å². The summed E-state index contributed by atoms with van der Waals surface area (Å²) in [6, 6.07) is 7.79. The Hall–Kier alpha value is -1.80. The van der Waals surface area contributed by atoms with Crippen molar-refractivity contribution in [1.29, 1.82) is 0 Å². The van der Waals surface area contributed by atoms with E-state index in [-0.39, 0.29) is 0 Å². The SMILES string of the molecule is Cc1ccc(OC2=CC=C(C(=O)Cl)CC=C2)cc1. The van der Waals surface area contributed by atoms with Crippen LogP contribution in [0.3, 0.4) is 0 Å². The number of rotatable bonds is 3. The molecule has 0 spiro atoms. The van der Waals surface area contributed by atoms with Gasteiger partial charge in [-0.05, 0) is 49.2 Å². The molecule has 1 aliphatic rings. The van der Waals surface area contributed by atoms with Crippen LogP contribution in [0.2, 0.25) is 0 Å². The minimum absolute atomic E-state index is 0.424. The van der Waals surface area contributed by atoms with E-state index in [2.05, 4.69) is 0 Å². The summed E-state index contributed by atoms with van der Waals surface area (Å²) in [7, 11) is 0. The fraction of sp³-hybridized carbons (Fsp3) is 0.133. The molecule has 0 atom stereocenters. The van der Waals surface area contributed by atoms with Crippen LogP contribution in [0.25, 0.3) is 0 Å². The summed E-state index contributed by atoms with van der Waals surface area (Å²) in [4.78, 5) is 11.0. The third kappa shape index (κ3) is 3.34. The predicted molar refractivity (Wildman–Crippen MR) is 72.6 cm³/mol. The number of carbonyl (C=O) groups is 1. The Morgan fingerprint density at radius 1 is 1.22 bits per heavy atom. The Balaban J connectivity index is 2.14. The maximum atomic E-state index is 11.0. The molecule has 2 rings (SSSR count). The van der Waals surface area contributed by atoms with E-state index in [4.69, 9.17) is 16.3 Å². The van der Waals surface area contributed by atoms with Gasteiger partial charge in [0.25, 0.3) is 0 Å². The summed E-state index contributed by atoms with van der Waals surface area (Å²) in [5, 5.41) is -0.424.